The first kappa shape index (κ1) is 15.0. The van der Waals surface area contributed by atoms with Gasteiger partial charge in [-0.1, -0.05) is 39.0 Å². The zero-order chi connectivity index (χ0) is 12.6. The molecule has 102 valence electrons. The van der Waals surface area contributed by atoms with Gasteiger partial charge < -0.3 is 5.32 Å². The largest absolute Gasteiger partial charge is 0.317 e. The van der Waals surface area contributed by atoms with Crippen LogP contribution in [0.25, 0.3) is 0 Å². The van der Waals surface area contributed by atoms with Gasteiger partial charge in [-0.05, 0) is 31.8 Å². The fraction of sp³-hybridized carbons (Fsp3) is 1.00. The lowest BCUT2D eigenvalue weighted by molar-refractivity contribution is 0.334. The Morgan fingerprint density at radius 3 is 2.47 bits per heavy atom. The van der Waals surface area contributed by atoms with Crippen molar-refractivity contribution in [1.82, 2.24) is 5.32 Å². The molecule has 0 spiro atoms. The van der Waals surface area contributed by atoms with Crippen LogP contribution < -0.4 is 5.32 Å². The predicted molar refractivity (Wildman–Crippen MR) is 73.0 cm³/mol. The number of nitrogens with one attached hydrogen (secondary N) is 1. The van der Waals surface area contributed by atoms with Gasteiger partial charge in [-0.25, -0.2) is 8.42 Å². The lowest BCUT2D eigenvalue weighted by atomic mass is 9.87. The van der Waals surface area contributed by atoms with Crippen LogP contribution in [0.2, 0.25) is 0 Å². The van der Waals surface area contributed by atoms with Gasteiger partial charge in [-0.2, -0.15) is 0 Å². The maximum absolute atomic E-state index is 11.3. The van der Waals surface area contributed by atoms with Crippen molar-refractivity contribution in [3.05, 3.63) is 0 Å². The first-order valence-corrected chi connectivity index (χ1v) is 8.87. The van der Waals surface area contributed by atoms with E-state index < -0.39 is 9.84 Å². The maximum atomic E-state index is 11.3. The Morgan fingerprint density at radius 1 is 1.12 bits per heavy atom. The van der Waals surface area contributed by atoms with Crippen LogP contribution >= 0.6 is 0 Å². The molecule has 1 aliphatic rings. The molecule has 1 fully saturated rings. The van der Waals surface area contributed by atoms with E-state index >= 15 is 0 Å². The van der Waals surface area contributed by atoms with E-state index in [0.29, 0.717) is 5.75 Å². The van der Waals surface area contributed by atoms with Gasteiger partial charge in [0.15, 0.2) is 0 Å². The van der Waals surface area contributed by atoms with E-state index in [-0.39, 0.29) is 5.75 Å². The zero-order valence-corrected chi connectivity index (χ0v) is 11.9. The third-order valence-corrected chi connectivity index (χ3v) is 5.49. The van der Waals surface area contributed by atoms with Gasteiger partial charge in [0.05, 0.1) is 5.75 Å². The topological polar surface area (TPSA) is 46.2 Å². The van der Waals surface area contributed by atoms with Gasteiger partial charge in [-0.15, -0.1) is 0 Å². The average Bonchev–Trinajstić information content (AvgIpc) is 2.35. The molecule has 0 aromatic rings. The fourth-order valence-corrected chi connectivity index (χ4v) is 3.34. The van der Waals surface area contributed by atoms with E-state index in [1.807, 2.05) is 0 Å². The Labute approximate surface area is 106 Å². The fourth-order valence-electron chi connectivity index (χ4n) is 2.47. The molecular formula is C13H27NO2S. The van der Waals surface area contributed by atoms with Crippen LogP contribution in [0.4, 0.5) is 0 Å². The Hall–Kier alpha value is -0.0900. The molecule has 17 heavy (non-hydrogen) atoms. The van der Waals surface area contributed by atoms with Crippen molar-refractivity contribution in [2.24, 2.45) is 5.92 Å². The maximum Gasteiger partial charge on any atom is 0.150 e. The number of hydrogen-bond acceptors (Lipinski definition) is 3. The molecule has 0 unspecified atom stereocenters. The van der Waals surface area contributed by atoms with Crippen molar-refractivity contribution < 1.29 is 8.42 Å². The lowest BCUT2D eigenvalue weighted by Crippen LogP contribution is -2.22. The standard InChI is InChI=1S/C13H27NO2S/c1-2-17(15,16)12-6-10-14-11-9-13-7-4-3-5-8-13/h13-14H,2-12H2,1H3. The van der Waals surface area contributed by atoms with E-state index in [2.05, 4.69) is 5.32 Å². The molecule has 0 aliphatic heterocycles. The molecule has 0 aromatic carbocycles. The van der Waals surface area contributed by atoms with Crippen molar-refractivity contribution in [3.63, 3.8) is 0 Å². The van der Waals surface area contributed by atoms with E-state index in [1.165, 1.54) is 38.5 Å². The predicted octanol–water partition coefficient (Wildman–Crippen LogP) is 2.37. The van der Waals surface area contributed by atoms with Crippen LogP contribution in [-0.4, -0.2) is 33.0 Å². The number of sulfone groups is 1. The minimum atomic E-state index is -2.77. The molecule has 0 radical (unpaired) electrons. The summed E-state index contributed by atoms with van der Waals surface area (Å²) < 4.78 is 22.5. The molecule has 0 atom stereocenters. The second-order valence-corrected chi connectivity index (χ2v) is 7.61. The second-order valence-electron chi connectivity index (χ2n) is 5.13. The molecule has 1 rings (SSSR count). The van der Waals surface area contributed by atoms with Crippen molar-refractivity contribution in [3.8, 4) is 0 Å². The van der Waals surface area contributed by atoms with E-state index in [4.69, 9.17) is 0 Å². The first-order chi connectivity index (χ1) is 8.14. The normalized spacial score (nSPS) is 18.4. The molecule has 1 aliphatic carbocycles. The van der Waals surface area contributed by atoms with Gasteiger partial charge >= 0.3 is 0 Å². The van der Waals surface area contributed by atoms with Crippen molar-refractivity contribution in [1.29, 1.82) is 0 Å². The third kappa shape index (κ3) is 7.04. The highest BCUT2D eigenvalue weighted by molar-refractivity contribution is 7.91. The SMILES string of the molecule is CCS(=O)(=O)CCCNCCC1CCCCC1. The highest BCUT2D eigenvalue weighted by Crippen LogP contribution is 2.25. The van der Waals surface area contributed by atoms with Crippen LogP contribution in [0.1, 0.15) is 51.9 Å². The van der Waals surface area contributed by atoms with Crippen molar-refractivity contribution >= 4 is 9.84 Å². The average molecular weight is 261 g/mol. The van der Waals surface area contributed by atoms with Crippen molar-refractivity contribution in [2.75, 3.05) is 24.6 Å². The minimum Gasteiger partial charge on any atom is -0.317 e. The summed E-state index contributed by atoms with van der Waals surface area (Å²) in [6.45, 7) is 3.61. The summed E-state index contributed by atoms with van der Waals surface area (Å²) in [7, 11) is -2.77. The molecule has 1 saturated carbocycles. The van der Waals surface area contributed by atoms with E-state index in [1.54, 1.807) is 6.92 Å². The Kier molecular flexibility index (Phi) is 7.12. The molecule has 0 saturated heterocycles. The van der Waals surface area contributed by atoms with Gasteiger partial charge in [0.1, 0.15) is 9.84 Å². The third-order valence-electron chi connectivity index (χ3n) is 3.70. The Morgan fingerprint density at radius 2 is 1.82 bits per heavy atom. The molecule has 3 nitrogen and oxygen atoms in total. The highest BCUT2D eigenvalue weighted by atomic mass is 32.2. The summed E-state index contributed by atoms with van der Waals surface area (Å²) >= 11 is 0. The molecule has 4 heteroatoms. The Bertz CT molecular complexity index is 282. The van der Waals surface area contributed by atoms with Crippen LogP contribution in [0, 0.1) is 5.92 Å². The molecule has 0 bridgehead atoms. The quantitative estimate of drug-likeness (QED) is 0.682. The summed E-state index contributed by atoms with van der Waals surface area (Å²) in [5.41, 5.74) is 0. The van der Waals surface area contributed by atoms with Crippen molar-refractivity contribution in [2.45, 2.75) is 51.9 Å². The summed E-state index contributed by atoms with van der Waals surface area (Å²) in [5, 5.41) is 3.36. The monoisotopic (exact) mass is 261 g/mol. The van der Waals surface area contributed by atoms with Crippen LogP contribution in [0.15, 0.2) is 0 Å². The smallest absolute Gasteiger partial charge is 0.150 e. The first-order valence-electron chi connectivity index (χ1n) is 7.05. The summed E-state index contributed by atoms with van der Waals surface area (Å²) in [6.07, 6.45) is 9.02. The summed E-state index contributed by atoms with van der Waals surface area (Å²) in [5.74, 6) is 1.52. The molecule has 1 N–H and O–H groups in total. The van der Waals surface area contributed by atoms with Crippen LogP contribution in [-0.2, 0) is 9.84 Å². The van der Waals surface area contributed by atoms with Gasteiger partial charge in [0.2, 0.25) is 0 Å². The van der Waals surface area contributed by atoms with Gasteiger partial charge in [0, 0.05) is 5.75 Å². The lowest BCUT2D eigenvalue weighted by Gasteiger charge is -2.21. The van der Waals surface area contributed by atoms with Gasteiger partial charge in [0.25, 0.3) is 0 Å². The minimum absolute atomic E-state index is 0.273. The molecular weight excluding hydrogens is 234 g/mol. The zero-order valence-electron chi connectivity index (χ0n) is 11.1. The van der Waals surface area contributed by atoms with E-state index in [0.717, 1.165) is 25.4 Å². The molecule has 0 aromatic heterocycles. The highest BCUT2D eigenvalue weighted by Gasteiger charge is 2.12. The Balaban J connectivity index is 1.94. The number of rotatable bonds is 8. The van der Waals surface area contributed by atoms with Crippen LogP contribution in [0.3, 0.4) is 0 Å². The summed E-state index contributed by atoms with van der Waals surface area (Å²) in [6, 6.07) is 0. The second kappa shape index (κ2) is 8.09. The van der Waals surface area contributed by atoms with E-state index in [9.17, 15) is 8.42 Å². The van der Waals surface area contributed by atoms with Gasteiger partial charge in [-0.3, -0.25) is 0 Å². The van der Waals surface area contributed by atoms with Crippen LogP contribution in [0.5, 0.6) is 0 Å². The molecule has 0 amide bonds. The molecule has 0 heterocycles. The number of hydrogen-bond donors (Lipinski definition) is 1. The summed E-state index contributed by atoms with van der Waals surface area (Å²) in [4.78, 5) is 0.